The Balaban J connectivity index is 1.24. The summed E-state index contributed by atoms with van der Waals surface area (Å²) in [6.07, 6.45) is 1.01. The van der Waals surface area contributed by atoms with Crippen LogP contribution in [0.1, 0.15) is 23.6 Å². The van der Waals surface area contributed by atoms with Gasteiger partial charge in [-0.3, -0.25) is 14.6 Å². The summed E-state index contributed by atoms with van der Waals surface area (Å²) in [6.45, 7) is 7.97. The lowest BCUT2D eigenvalue weighted by atomic mass is 10.1. The zero-order chi connectivity index (χ0) is 20.9. The zero-order valence-electron chi connectivity index (χ0n) is 17.9. The van der Waals surface area contributed by atoms with Gasteiger partial charge in [-0.25, -0.2) is 0 Å². The Bertz CT molecular complexity index is 878. The van der Waals surface area contributed by atoms with E-state index in [1.807, 2.05) is 31.2 Å². The normalized spacial score (nSPS) is 17.8. The largest absolute Gasteiger partial charge is 0.496 e. The first-order valence-electron chi connectivity index (χ1n) is 10.7. The first-order chi connectivity index (χ1) is 14.6. The third-order valence-electron chi connectivity index (χ3n) is 6.14. The van der Waals surface area contributed by atoms with E-state index in [0.717, 1.165) is 62.8 Å². The molecule has 1 N–H and O–H groups in total. The van der Waals surface area contributed by atoms with Gasteiger partial charge in [-0.05, 0) is 30.2 Å². The number of para-hydroxylation sites is 1. The number of methoxy groups -OCH3 is 1. The minimum absolute atomic E-state index is 0.0629. The number of benzene rings is 2. The number of hydrogen-bond donors (Lipinski definition) is 1. The number of carbonyl (C=O) groups excluding carboxylic acids is 1. The van der Waals surface area contributed by atoms with Gasteiger partial charge in [0.05, 0.1) is 19.8 Å². The van der Waals surface area contributed by atoms with Crippen LogP contribution in [0.3, 0.4) is 0 Å². The second-order valence-electron chi connectivity index (χ2n) is 8.06. The van der Waals surface area contributed by atoms with Gasteiger partial charge in [-0.15, -0.1) is 0 Å². The first kappa shape index (κ1) is 20.7. The van der Waals surface area contributed by atoms with Gasteiger partial charge in [0.1, 0.15) is 11.5 Å². The number of nitrogens with one attached hydrogen (secondary N) is 1. The number of fused-ring (bicyclic) bond motifs is 1. The molecule has 0 radical (unpaired) electrons. The van der Waals surface area contributed by atoms with E-state index >= 15 is 0 Å². The molecule has 30 heavy (non-hydrogen) atoms. The van der Waals surface area contributed by atoms with E-state index in [4.69, 9.17) is 9.47 Å². The highest BCUT2D eigenvalue weighted by atomic mass is 16.5. The molecule has 0 bridgehead atoms. The van der Waals surface area contributed by atoms with E-state index < -0.39 is 0 Å². The second-order valence-corrected chi connectivity index (χ2v) is 8.06. The molecule has 2 aromatic rings. The van der Waals surface area contributed by atoms with Crippen molar-refractivity contribution in [2.75, 3.05) is 39.9 Å². The van der Waals surface area contributed by atoms with Crippen molar-refractivity contribution in [3.63, 3.8) is 0 Å². The maximum atomic E-state index is 12.7. The Hall–Kier alpha value is -2.57. The lowest BCUT2D eigenvalue weighted by Gasteiger charge is -2.37. The van der Waals surface area contributed by atoms with Gasteiger partial charge in [0.25, 0.3) is 0 Å². The minimum Gasteiger partial charge on any atom is -0.496 e. The molecule has 0 spiro atoms. The van der Waals surface area contributed by atoms with Gasteiger partial charge in [-0.2, -0.15) is 0 Å². The van der Waals surface area contributed by atoms with Crippen LogP contribution in [0.4, 0.5) is 0 Å². The van der Waals surface area contributed by atoms with Crippen LogP contribution in [0, 0.1) is 0 Å². The quantitative estimate of drug-likeness (QED) is 0.761. The van der Waals surface area contributed by atoms with Crippen molar-refractivity contribution in [3.05, 3.63) is 59.2 Å². The predicted molar refractivity (Wildman–Crippen MR) is 117 cm³/mol. The van der Waals surface area contributed by atoms with Gasteiger partial charge < -0.3 is 14.8 Å². The lowest BCUT2D eigenvalue weighted by molar-refractivity contribution is -0.126. The summed E-state index contributed by atoms with van der Waals surface area (Å²) in [6, 6.07) is 14.2. The molecule has 6 heteroatoms. The molecule has 2 aliphatic rings. The first-order valence-corrected chi connectivity index (χ1v) is 10.7. The monoisotopic (exact) mass is 409 g/mol. The fraction of sp³-hybridized carbons (Fsp3) is 0.458. The predicted octanol–water partition coefficient (Wildman–Crippen LogP) is 2.45. The van der Waals surface area contributed by atoms with Crippen LogP contribution in [0.15, 0.2) is 42.5 Å². The van der Waals surface area contributed by atoms with E-state index in [1.165, 1.54) is 11.1 Å². The Labute approximate surface area is 178 Å². The molecule has 1 amide bonds. The topological polar surface area (TPSA) is 54.0 Å². The molecule has 2 aliphatic heterocycles. The molecular formula is C24H31N3O3. The third-order valence-corrected chi connectivity index (χ3v) is 6.14. The lowest BCUT2D eigenvalue weighted by Crippen LogP contribution is -2.53. The Morgan fingerprint density at radius 3 is 2.77 bits per heavy atom. The molecule has 4 rings (SSSR count). The Kier molecular flexibility index (Phi) is 6.55. The highest BCUT2D eigenvalue weighted by molar-refractivity contribution is 5.81. The number of hydrogen-bond acceptors (Lipinski definition) is 5. The smallest absolute Gasteiger partial charge is 0.237 e. The highest BCUT2D eigenvalue weighted by Crippen LogP contribution is 2.26. The summed E-state index contributed by atoms with van der Waals surface area (Å²) in [4.78, 5) is 17.4. The Morgan fingerprint density at radius 2 is 1.97 bits per heavy atom. The van der Waals surface area contributed by atoms with E-state index in [-0.39, 0.29) is 11.9 Å². The van der Waals surface area contributed by atoms with Crippen molar-refractivity contribution >= 4 is 5.91 Å². The molecule has 160 valence electrons. The standard InChI is InChI=1S/C24H31N3O3/c1-18(24(28)25-16-21-5-3-4-6-22(21)29-2)27-12-10-26(11-13-27)17-19-7-8-23-20(15-19)9-14-30-23/h3-8,15,18H,9-14,16-17H2,1-2H3,(H,25,28). The number of rotatable bonds is 7. The van der Waals surface area contributed by atoms with E-state index in [2.05, 4.69) is 33.3 Å². The summed E-state index contributed by atoms with van der Waals surface area (Å²) in [5, 5.41) is 3.06. The van der Waals surface area contributed by atoms with Crippen LogP contribution < -0.4 is 14.8 Å². The molecular weight excluding hydrogens is 378 g/mol. The second kappa shape index (κ2) is 9.49. The molecule has 0 aliphatic carbocycles. The van der Waals surface area contributed by atoms with Gasteiger partial charge in [-0.1, -0.05) is 30.3 Å². The van der Waals surface area contributed by atoms with Crippen molar-refractivity contribution in [2.24, 2.45) is 0 Å². The van der Waals surface area contributed by atoms with Crippen molar-refractivity contribution in [1.29, 1.82) is 0 Å². The van der Waals surface area contributed by atoms with E-state index in [9.17, 15) is 4.79 Å². The number of ether oxygens (including phenoxy) is 2. The molecule has 1 unspecified atom stereocenters. The molecule has 1 fully saturated rings. The van der Waals surface area contributed by atoms with Crippen LogP contribution >= 0.6 is 0 Å². The van der Waals surface area contributed by atoms with Crippen molar-refractivity contribution in [1.82, 2.24) is 15.1 Å². The molecule has 1 atom stereocenters. The van der Waals surface area contributed by atoms with E-state index in [1.54, 1.807) is 7.11 Å². The van der Waals surface area contributed by atoms with Crippen LogP contribution in [0.5, 0.6) is 11.5 Å². The highest BCUT2D eigenvalue weighted by Gasteiger charge is 2.25. The average Bonchev–Trinajstić information content (AvgIpc) is 3.25. The number of carbonyl (C=O) groups is 1. The van der Waals surface area contributed by atoms with Gasteiger partial charge >= 0.3 is 0 Å². The molecule has 2 heterocycles. The summed E-state index contributed by atoms with van der Waals surface area (Å²) in [7, 11) is 1.65. The fourth-order valence-corrected chi connectivity index (χ4v) is 4.25. The summed E-state index contributed by atoms with van der Waals surface area (Å²) < 4.78 is 11.0. The van der Waals surface area contributed by atoms with E-state index in [0.29, 0.717) is 6.54 Å². The molecule has 2 aromatic carbocycles. The SMILES string of the molecule is COc1ccccc1CNC(=O)C(C)N1CCN(Cc2ccc3c(c2)CCO3)CC1. The maximum absolute atomic E-state index is 12.7. The van der Waals surface area contributed by atoms with Crippen LogP contribution in [-0.2, 0) is 24.3 Å². The number of amides is 1. The number of nitrogens with zero attached hydrogens (tertiary/aromatic N) is 2. The average molecular weight is 410 g/mol. The fourth-order valence-electron chi connectivity index (χ4n) is 4.25. The molecule has 0 saturated carbocycles. The van der Waals surface area contributed by atoms with Gasteiger partial charge in [0.2, 0.25) is 5.91 Å². The maximum Gasteiger partial charge on any atom is 0.237 e. The van der Waals surface area contributed by atoms with Crippen LogP contribution in [0.2, 0.25) is 0 Å². The van der Waals surface area contributed by atoms with Crippen molar-refractivity contribution in [3.8, 4) is 11.5 Å². The molecule has 1 saturated heterocycles. The van der Waals surface area contributed by atoms with Gasteiger partial charge in [0.15, 0.2) is 0 Å². The number of piperazine rings is 1. The third kappa shape index (κ3) is 4.77. The summed E-state index contributed by atoms with van der Waals surface area (Å²) in [5.41, 5.74) is 3.66. The molecule has 0 aromatic heterocycles. The molecule has 6 nitrogen and oxygen atoms in total. The Morgan fingerprint density at radius 1 is 1.17 bits per heavy atom. The minimum atomic E-state index is -0.140. The summed E-state index contributed by atoms with van der Waals surface area (Å²) >= 11 is 0. The zero-order valence-corrected chi connectivity index (χ0v) is 17.9. The van der Waals surface area contributed by atoms with Crippen LogP contribution in [-0.4, -0.2) is 61.6 Å². The van der Waals surface area contributed by atoms with Gasteiger partial charge in [0, 0.05) is 51.3 Å². The summed E-state index contributed by atoms with van der Waals surface area (Å²) in [5.74, 6) is 1.90. The van der Waals surface area contributed by atoms with Crippen LogP contribution in [0.25, 0.3) is 0 Å². The van der Waals surface area contributed by atoms with Crippen molar-refractivity contribution in [2.45, 2.75) is 32.5 Å². The van der Waals surface area contributed by atoms with Crippen molar-refractivity contribution < 1.29 is 14.3 Å².